The number of carbonyl (C=O) groups excluding carboxylic acids is 1. The summed E-state index contributed by atoms with van der Waals surface area (Å²) in [4.78, 5) is 16.6. The smallest absolute Gasteiger partial charge is 0.344 e. The molecule has 140 valence electrons. The van der Waals surface area contributed by atoms with Crippen molar-refractivity contribution in [1.29, 1.82) is 0 Å². The Balaban J connectivity index is 1.54. The van der Waals surface area contributed by atoms with E-state index >= 15 is 0 Å². The van der Waals surface area contributed by atoms with E-state index in [4.69, 9.17) is 9.47 Å². The van der Waals surface area contributed by atoms with Crippen LogP contribution in [0.5, 0.6) is 5.75 Å². The van der Waals surface area contributed by atoms with E-state index in [1.165, 1.54) is 11.3 Å². The molecule has 0 spiro atoms. The molecular weight excluding hydrogens is 358 g/mol. The number of nitrogens with zero attached hydrogens (tertiary/aromatic N) is 1. The molecule has 0 aliphatic heterocycles. The summed E-state index contributed by atoms with van der Waals surface area (Å²) in [6, 6.07) is 16.0. The SMILES string of the molecule is Cc1ccc(C(C)C)c(OCC(=O)OCc2csc(-c3ccccc3)n2)c1. The van der Waals surface area contributed by atoms with Crippen LogP contribution in [0.1, 0.15) is 36.6 Å². The van der Waals surface area contributed by atoms with Crippen LogP contribution in [-0.4, -0.2) is 17.6 Å². The minimum atomic E-state index is -0.402. The second kappa shape index (κ2) is 8.82. The number of thiazole rings is 1. The highest BCUT2D eigenvalue weighted by Crippen LogP contribution is 2.27. The average Bonchev–Trinajstić information content (AvgIpc) is 3.14. The van der Waals surface area contributed by atoms with Crippen molar-refractivity contribution in [2.75, 3.05) is 6.61 Å². The fourth-order valence-corrected chi connectivity index (χ4v) is 3.47. The molecule has 1 aromatic heterocycles. The van der Waals surface area contributed by atoms with Gasteiger partial charge < -0.3 is 9.47 Å². The number of esters is 1. The van der Waals surface area contributed by atoms with Crippen LogP contribution in [0.15, 0.2) is 53.9 Å². The Morgan fingerprint density at radius 3 is 2.67 bits per heavy atom. The van der Waals surface area contributed by atoms with Crippen LogP contribution >= 0.6 is 11.3 Å². The summed E-state index contributed by atoms with van der Waals surface area (Å²) in [5.74, 6) is 0.658. The lowest BCUT2D eigenvalue weighted by molar-refractivity contribution is -0.147. The van der Waals surface area contributed by atoms with Crippen molar-refractivity contribution in [3.63, 3.8) is 0 Å². The highest BCUT2D eigenvalue weighted by Gasteiger charge is 2.12. The van der Waals surface area contributed by atoms with Crippen LogP contribution < -0.4 is 4.74 Å². The number of ether oxygens (including phenoxy) is 2. The van der Waals surface area contributed by atoms with Gasteiger partial charge in [0.2, 0.25) is 0 Å². The molecule has 0 amide bonds. The Bertz CT molecular complexity index is 903. The maximum atomic E-state index is 12.1. The molecule has 0 atom stereocenters. The Kier molecular flexibility index (Phi) is 6.24. The summed E-state index contributed by atoms with van der Waals surface area (Å²) in [6.45, 7) is 6.24. The first-order valence-corrected chi connectivity index (χ1v) is 9.79. The van der Waals surface area contributed by atoms with E-state index in [-0.39, 0.29) is 13.2 Å². The molecule has 27 heavy (non-hydrogen) atoms. The second-order valence-electron chi connectivity index (χ2n) is 6.66. The van der Waals surface area contributed by atoms with Gasteiger partial charge in [-0.15, -0.1) is 11.3 Å². The van der Waals surface area contributed by atoms with Gasteiger partial charge >= 0.3 is 5.97 Å². The molecule has 0 bridgehead atoms. The minimum Gasteiger partial charge on any atom is -0.482 e. The van der Waals surface area contributed by atoms with Gasteiger partial charge in [0.1, 0.15) is 17.4 Å². The first-order valence-electron chi connectivity index (χ1n) is 8.91. The second-order valence-corrected chi connectivity index (χ2v) is 7.51. The van der Waals surface area contributed by atoms with Crippen LogP contribution in [0.25, 0.3) is 10.6 Å². The van der Waals surface area contributed by atoms with E-state index in [2.05, 4.69) is 18.8 Å². The van der Waals surface area contributed by atoms with Gasteiger partial charge in [-0.2, -0.15) is 0 Å². The van der Waals surface area contributed by atoms with E-state index < -0.39 is 5.97 Å². The predicted octanol–water partition coefficient (Wildman–Crippen LogP) is 5.36. The first kappa shape index (κ1) is 19.1. The molecule has 0 aliphatic rings. The van der Waals surface area contributed by atoms with Gasteiger partial charge in [-0.3, -0.25) is 0 Å². The van der Waals surface area contributed by atoms with E-state index in [9.17, 15) is 4.79 Å². The molecule has 3 aromatic rings. The fourth-order valence-electron chi connectivity index (χ4n) is 2.66. The summed E-state index contributed by atoms with van der Waals surface area (Å²) in [5.41, 5.74) is 3.98. The van der Waals surface area contributed by atoms with Gasteiger partial charge in [-0.25, -0.2) is 9.78 Å². The summed E-state index contributed by atoms with van der Waals surface area (Å²) in [5, 5.41) is 2.83. The van der Waals surface area contributed by atoms with Crippen LogP contribution in [0.2, 0.25) is 0 Å². The van der Waals surface area contributed by atoms with Crippen LogP contribution in [0.3, 0.4) is 0 Å². The number of carbonyl (C=O) groups is 1. The Labute approximate surface area is 163 Å². The summed E-state index contributed by atoms with van der Waals surface area (Å²) >= 11 is 1.54. The van der Waals surface area contributed by atoms with Crippen LogP contribution in [-0.2, 0) is 16.1 Å². The molecule has 3 rings (SSSR count). The molecule has 0 saturated carbocycles. The zero-order chi connectivity index (χ0) is 19.2. The van der Waals surface area contributed by atoms with Crippen molar-refractivity contribution in [1.82, 2.24) is 4.98 Å². The molecule has 0 aliphatic carbocycles. The quantitative estimate of drug-likeness (QED) is 0.517. The Hall–Kier alpha value is -2.66. The molecule has 0 N–H and O–H groups in total. The Morgan fingerprint density at radius 2 is 1.93 bits per heavy atom. The number of aromatic nitrogens is 1. The normalized spacial score (nSPS) is 10.8. The molecule has 0 saturated heterocycles. The summed E-state index contributed by atoms with van der Waals surface area (Å²) < 4.78 is 11.0. The third-order valence-corrected chi connectivity index (χ3v) is 5.03. The maximum Gasteiger partial charge on any atom is 0.344 e. The number of hydrogen-bond acceptors (Lipinski definition) is 5. The lowest BCUT2D eigenvalue weighted by Crippen LogP contribution is -2.15. The monoisotopic (exact) mass is 381 g/mol. The van der Waals surface area contributed by atoms with Crippen molar-refractivity contribution < 1.29 is 14.3 Å². The average molecular weight is 381 g/mol. The van der Waals surface area contributed by atoms with Crippen LogP contribution in [0.4, 0.5) is 0 Å². The van der Waals surface area contributed by atoms with Gasteiger partial charge in [0.15, 0.2) is 6.61 Å². The highest BCUT2D eigenvalue weighted by molar-refractivity contribution is 7.13. The zero-order valence-corrected chi connectivity index (χ0v) is 16.6. The van der Waals surface area contributed by atoms with Gasteiger partial charge in [0.05, 0.1) is 5.69 Å². The fraction of sp³-hybridized carbons (Fsp3) is 0.273. The van der Waals surface area contributed by atoms with E-state index in [1.54, 1.807) is 0 Å². The topological polar surface area (TPSA) is 48.4 Å². The third kappa shape index (κ3) is 5.17. The lowest BCUT2D eigenvalue weighted by atomic mass is 10.0. The molecule has 0 unspecified atom stereocenters. The molecule has 1 heterocycles. The van der Waals surface area contributed by atoms with Crippen LogP contribution in [0, 0.1) is 6.92 Å². The number of aryl methyl sites for hydroxylation is 1. The van der Waals surface area contributed by atoms with E-state index in [0.717, 1.165) is 33.1 Å². The standard InChI is InChI=1S/C22H23NO3S/c1-15(2)19-10-9-16(3)11-20(19)25-13-21(24)26-12-18-14-27-22(23-18)17-7-5-4-6-8-17/h4-11,14-15H,12-13H2,1-3H3. The van der Waals surface area contributed by atoms with Gasteiger partial charge in [0, 0.05) is 10.9 Å². The predicted molar refractivity (Wildman–Crippen MR) is 108 cm³/mol. The van der Waals surface area contributed by atoms with Gasteiger partial charge in [-0.1, -0.05) is 56.3 Å². The third-order valence-electron chi connectivity index (χ3n) is 4.09. The number of hydrogen-bond donors (Lipinski definition) is 0. The lowest BCUT2D eigenvalue weighted by Gasteiger charge is -2.14. The molecule has 5 heteroatoms. The van der Waals surface area contributed by atoms with E-state index in [0.29, 0.717) is 5.92 Å². The van der Waals surface area contributed by atoms with Crippen molar-refractivity contribution in [3.8, 4) is 16.3 Å². The molecular formula is C22H23NO3S. The van der Waals surface area contributed by atoms with Crippen molar-refractivity contribution in [2.45, 2.75) is 33.3 Å². The van der Waals surface area contributed by atoms with Gasteiger partial charge in [-0.05, 0) is 30.0 Å². The van der Waals surface area contributed by atoms with Crippen molar-refractivity contribution >= 4 is 17.3 Å². The van der Waals surface area contributed by atoms with Crippen molar-refractivity contribution in [2.24, 2.45) is 0 Å². The molecule has 2 aromatic carbocycles. The highest BCUT2D eigenvalue weighted by atomic mass is 32.1. The summed E-state index contributed by atoms with van der Waals surface area (Å²) in [6.07, 6.45) is 0. The van der Waals surface area contributed by atoms with Gasteiger partial charge in [0.25, 0.3) is 0 Å². The number of benzene rings is 2. The zero-order valence-electron chi connectivity index (χ0n) is 15.8. The molecule has 0 fully saturated rings. The summed E-state index contributed by atoms with van der Waals surface area (Å²) in [7, 11) is 0. The van der Waals surface area contributed by atoms with Crippen molar-refractivity contribution in [3.05, 3.63) is 70.7 Å². The Morgan fingerprint density at radius 1 is 1.15 bits per heavy atom. The first-order chi connectivity index (χ1) is 13.0. The maximum absolute atomic E-state index is 12.1. The minimum absolute atomic E-state index is 0.112. The molecule has 4 nitrogen and oxygen atoms in total. The number of rotatable bonds is 7. The van der Waals surface area contributed by atoms with E-state index in [1.807, 2.05) is 60.8 Å². The molecule has 0 radical (unpaired) electrons. The largest absolute Gasteiger partial charge is 0.482 e.